The quantitative estimate of drug-likeness (QED) is 0.559. The highest BCUT2D eigenvalue weighted by Crippen LogP contribution is 2.32. The van der Waals surface area contributed by atoms with Crippen LogP contribution in [0.1, 0.15) is 11.1 Å². The molecule has 6 heteroatoms. The Bertz CT molecular complexity index is 1130. The molecule has 6 nitrogen and oxygen atoms in total. The van der Waals surface area contributed by atoms with Gasteiger partial charge in [-0.15, -0.1) is 0 Å². The standard InChI is InChI=1S/C22H23N5O/c1-14-11-15(6-7-20(14)27(2)3)18-12-19-17(5-4-9-23-19)22(25-18)21-16(8-10-28)13-24-26-21/h4-7,9,11-13,28H,8,10H2,1-3H3,(H,24,26). The average molecular weight is 373 g/mol. The SMILES string of the molecule is Cc1cc(-c2cc3ncccc3c(-c3n[nH]cc3CCO)n2)ccc1N(C)C. The van der Waals surface area contributed by atoms with Crippen LogP contribution in [0.2, 0.25) is 0 Å². The fourth-order valence-electron chi connectivity index (χ4n) is 3.55. The number of hydrogen-bond donors (Lipinski definition) is 2. The van der Waals surface area contributed by atoms with Crippen molar-refractivity contribution < 1.29 is 5.11 Å². The maximum absolute atomic E-state index is 9.38. The molecule has 0 amide bonds. The smallest absolute Gasteiger partial charge is 0.114 e. The van der Waals surface area contributed by atoms with Crippen LogP contribution in [0.25, 0.3) is 33.5 Å². The van der Waals surface area contributed by atoms with Crippen molar-refractivity contribution in [3.05, 3.63) is 59.9 Å². The number of aromatic amines is 1. The van der Waals surface area contributed by atoms with Gasteiger partial charge in [-0.05, 0) is 49.2 Å². The van der Waals surface area contributed by atoms with Crippen LogP contribution in [0, 0.1) is 6.92 Å². The largest absolute Gasteiger partial charge is 0.396 e. The summed E-state index contributed by atoms with van der Waals surface area (Å²) in [4.78, 5) is 11.6. The highest BCUT2D eigenvalue weighted by molar-refractivity contribution is 5.94. The Hall–Kier alpha value is -3.25. The Kier molecular flexibility index (Phi) is 4.79. The number of fused-ring (bicyclic) bond motifs is 1. The van der Waals surface area contributed by atoms with Gasteiger partial charge in [0.1, 0.15) is 11.4 Å². The summed E-state index contributed by atoms with van der Waals surface area (Å²) in [6, 6.07) is 12.3. The number of aliphatic hydroxyl groups excluding tert-OH is 1. The molecule has 3 aromatic heterocycles. The molecule has 1 aromatic carbocycles. The van der Waals surface area contributed by atoms with E-state index in [1.807, 2.05) is 38.5 Å². The molecule has 0 aliphatic rings. The van der Waals surface area contributed by atoms with Crippen molar-refractivity contribution in [2.24, 2.45) is 0 Å². The molecule has 0 aliphatic heterocycles. The maximum Gasteiger partial charge on any atom is 0.114 e. The summed E-state index contributed by atoms with van der Waals surface area (Å²) in [5.74, 6) is 0. The second-order valence-electron chi connectivity index (χ2n) is 7.05. The Morgan fingerprint density at radius 3 is 2.71 bits per heavy atom. The summed E-state index contributed by atoms with van der Waals surface area (Å²) >= 11 is 0. The summed E-state index contributed by atoms with van der Waals surface area (Å²) in [7, 11) is 4.08. The Morgan fingerprint density at radius 1 is 1.11 bits per heavy atom. The van der Waals surface area contributed by atoms with Gasteiger partial charge >= 0.3 is 0 Å². The minimum absolute atomic E-state index is 0.0631. The van der Waals surface area contributed by atoms with Crippen molar-refractivity contribution in [2.45, 2.75) is 13.3 Å². The van der Waals surface area contributed by atoms with Crippen LogP contribution in [0.3, 0.4) is 0 Å². The second-order valence-corrected chi connectivity index (χ2v) is 7.05. The predicted molar refractivity (Wildman–Crippen MR) is 112 cm³/mol. The number of aromatic nitrogens is 4. The second kappa shape index (κ2) is 7.40. The minimum atomic E-state index is 0.0631. The van der Waals surface area contributed by atoms with E-state index in [1.165, 1.54) is 11.3 Å². The van der Waals surface area contributed by atoms with E-state index in [0.29, 0.717) is 6.42 Å². The van der Waals surface area contributed by atoms with Crippen LogP contribution in [-0.2, 0) is 6.42 Å². The van der Waals surface area contributed by atoms with Gasteiger partial charge in [-0.25, -0.2) is 4.98 Å². The fourth-order valence-corrected chi connectivity index (χ4v) is 3.55. The number of anilines is 1. The van der Waals surface area contributed by atoms with Crippen LogP contribution >= 0.6 is 0 Å². The zero-order chi connectivity index (χ0) is 19.7. The molecule has 0 atom stereocenters. The molecule has 0 fully saturated rings. The summed E-state index contributed by atoms with van der Waals surface area (Å²) < 4.78 is 0. The van der Waals surface area contributed by atoms with Gasteiger partial charge in [0, 0.05) is 55.3 Å². The van der Waals surface area contributed by atoms with Crippen LogP contribution in [0.15, 0.2) is 48.8 Å². The van der Waals surface area contributed by atoms with E-state index in [9.17, 15) is 5.11 Å². The number of nitrogens with zero attached hydrogens (tertiary/aromatic N) is 4. The first-order valence-electron chi connectivity index (χ1n) is 9.26. The number of hydrogen-bond acceptors (Lipinski definition) is 5. The number of aryl methyl sites for hydroxylation is 1. The third-order valence-corrected chi connectivity index (χ3v) is 4.90. The van der Waals surface area contributed by atoms with Crippen molar-refractivity contribution in [3.8, 4) is 22.6 Å². The van der Waals surface area contributed by atoms with Gasteiger partial charge in [-0.2, -0.15) is 5.10 Å². The van der Waals surface area contributed by atoms with Crippen molar-refractivity contribution in [2.75, 3.05) is 25.6 Å². The van der Waals surface area contributed by atoms with Crippen LogP contribution in [0.5, 0.6) is 0 Å². The number of pyridine rings is 2. The van der Waals surface area contributed by atoms with E-state index in [4.69, 9.17) is 4.98 Å². The molecule has 0 aliphatic carbocycles. The Balaban J connectivity index is 1.92. The first-order chi connectivity index (χ1) is 13.6. The summed E-state index contributed by atoms with van der Waals surface area (Å²) in [6.45, 7) is 2.17. The van der Waals surface area contributed by atoms with Crippen LogP contribution in [0.4, 0.5) is 5.69 Å². The lowest BCUT2D eigenvalue weighted by Crippen LogP contribution is -2.10. The predicted octanol–water partition coefficient (Wildman–Crippen LogP) is 3.60. The highest BCUT2D eigenvalue weighted by Gasteiger charge is 2.16. The van der Waals surface area contributed by atoms with Crippen LogP contribution < -0.4 is 4.90 Å². The molecule has 2 N–H and O–H groups in total. The first-order valence-corrected chi connectivity index (χ1v) is 9.26. The lowest BCUT2D eigenvalue weighted by atomic mass is 10.0. The van der Waals surface area contributed by atoms with E-state index in [1.54, 1.807) is 6.20 Å². The van der Waals surface area contributed by atoms with Gasteiger partial charge < -0.3 is 10.0 Å². The normalized spacial score (nSPS) is 11.1. The van der Waals surface area contributed by atoms with Gasteiger partial charge in [0.25, 0.3) is 0 Å². The molecule has 4 aromatic rings. The van der Waals surface area contributed by atoms with Crippen molar-refractivity contribution in [1.82, 2.24) is 20.2 Å². The lowest BCUT2D eigenvalue weighted by molar-refractivity contribution is 0.300. The van der Waals surface area contributed by atoms with E-state index < -0.39 is 0 Å². The van der Waals surface area contributed by atoms with Gasteiger partial charge in [0.2, 0.25) is 0 Å². The first kappa shape index (κ1) is 18.1. The van der Waals surface area contributed by atoms with Gasteiger partial charge in [0.15, 0.2) is 0 Å². The zero-order valence-corrected chi connectivity index (χ0v) is 16.3. The molecular weight excluding hydrogens is 350 g/mol. The maximum atomic E-state index is 9.38. The number of aliphatic hydroxyl groups is 1. The molecule has 3 heterocycles. The topological polar surface area (TPSA) is 77.9 Å². The third kappa shape index (κ3) is 3.23. The molecule has 0 bridgehead atoms. The van der Waals surface area contributed by atoms with E-state index >= 15 is 0 Å². The molecule has 28 heavy (non-hydrogen) atoms. The molecule has 0 spiro atoms. The highest BCUT2D eigenvalue weighted by atomic mass is 16.2. The van der Waals surface area contributed by atoms with Gasteiger partial charge in [-0.3, -0.25) is 10.1 Å². The van der Waals surface area contributed by atoms with Crippen LogP contribution in [-0.4, -0.2) is 46.0 Å². The van der Waals surface area contributed by atoms with Crippen molar-refractivity contribution in [3.63, 3.8) is 0 Å². The van der Waals surface area contributed by atoms with Gasteiger partial charge in [-0.1, -0.05) is 6.07 Å². The number of benzene rings is 1. The summed E-state index contributed by atoms with van der Waals surface area (Å²) in [5, 5.41) is 17.6. The Labute approximate surface area is 163 Å². The molecule has 0 saturated carbocycles. The lowest BCUT2D eigenvalue weighted by Gasteiger charge is -2.16. The minimum Gasteiger partial charge on any atom is -0.396 e. The zero-order valence-electron chi connectivity index (χ0n) is 16.3. The average Bonchev–Trinajstić information content (AvgIpc) is 3.15. The van der Waals surface area contributed by atoms with Gasteiger partial charge in [0.05, 0.1) is 11.2 Å². The van der Waals surface area contributed by atoms with Crippen molar-refractivity contribution in [1.29, 1.82) is 0 Å². The number of H-pyrrole nitrogens is 1. The van der Waals surface area contributed by atoms with Crippen molar-refractivity contribution >= 4 is 16.6 Å². The number of rotatable bonds is 5. The van der Waals surface area contributed by atoms with E-state index in [0.717, 1.165) is 39.1 Å². The molecule has 0 saturated heterocycles. The molecule has 142 valence electrons. The summed E-state index contributed by atoms with van der Waals surface area (Å²) in [6.07, 6.45) is 4.13. The Morgan fingerprint density at radius 2 is 1.96 bits per heavy atom. The number of nitrogens with one attached hydrogen (secondary N) is 1. The monoisotopic (exact) mass is 373 g/mol. The molecule has 0 radical (unpaired) electrons. The fraction of sp³-hybridized carbons (Fsp3) is 0.227. The van der Waals surface area contributed by atoms with E-state index in [-0.39, 0.29) is 6.61 Å². The third-order valence-electron chi connectivity index (χ3n) is 4.90. The van der Waals surface area contributed by atoms with E-state index in [2.05, 4.69) is 45.2 Å². The molecular formula is C22H23N5O. The summed E-state index contributed by atoms with van der Waals surface area (Å²) in [5.41, 5.74) is 7.61. The molecule has 0 unspecified atom stereocenters. The molecule has 4 rings (SSSR count).